The first-order valence-electron chi connectivity index (χ1n) is 6.82. The number of benzene rings is 1. The fraction of sp³-hybridized carbons (Fsp3) is 0.533. The fourth-order valence-electron chi connectivity index (χ4n) is 2.84. The molecule has 0 saturated heterocycles. The van der Waals surface area contributed by atoms with Gasteiger partial charge in [-0.3, -0.25) is 4.79 Å². The molecule has 20 heavy (non-hydrogen) atoms. The summed E-state index contributed by atoms with van der Waals surface area (Å²) in [7, 11) is 1.42. The molecule has 1 aliphatic rings. The Balaban J connectivity index is 1.91. The monoisotopic (exact) mass is 357 g/mol. The van der Waals surface area contributed by atoms with E-state index in [-0.39, 0.29) is 11.9 Å². The maximum Gasteiger partial charge on any atom is 0.326 e. The van der Waals surface area contributed by atoms with Gasteiger partial charge in [0.05, 0.1) is 7.11 Å². The Hall–Kier alpha value is -0.520. The number of hydrogen-bond acceptors (Lipinski definition) is 4. The molecule has 0 heterocycles. The highest BCUT2D eigenvalue weighted by atomic mass is 79.9. The fourth-order valence-corrected chi connectivity index (χ4v) is 4.47. The highest BCUT2D eigenvalue weighted by Crippen LogP contribution is 2.38. The zero-order valence-corrected chi connectivity index (χ0v) is 14.0. The maximum atomic E-state index is 11.9. The predicted molar refractivity (Wildman–Crippen MR) is 85.8 cm³/mol. The molecular weight excluding hydrogens is 338 g/mol. The van der Waals surface area contributed by atoms with Crippen LogP contribution in [0.25, 0.3) is 0 Å². The van der Waals surface area contributed by atoms with Crippen molar-refractivity contribution in [1.29, 1.82) is 0 Å². The number of rotatable bonds is 5. The number of ether oxygens (including phenoxy) is 1. The Bertz CT molecular complexity index is 483. The third kappa shape index (κ3) is 3.38. The Morgan fingerprint density at radius 2 is 2.30 bits per heavy atom. The lowest BCUT2D eigenvalue weighted by atomic mass is 9.86. The molecule has 1 aromatic rings. The van der Waals surface area contributed by atoms with E-state index >= 15 is 0 Å². The normalized spacial score (nSPS) is 25.6. The molecular formula is C15H20BrNO2S. The van der Waals surface area contributed by atoms with E-state index in [0.29, 0.717) is 0 Å². The van der Waals surface area contributed by atoms with E-state index in [9.17, 15) is 4.79 Å². The first-order chi connectivity index (χ1) is 9.58. The van der Waals surface area contributed by atoms with Crippen LogP contribution in [0.2, 0.25) is 0 Å². The summed E-state index contributed by atoms with van der Waals surface area (Å²) in [5, 5.41) is 0. The van der Waals surface area contributed by atoms with Crippen molar-refractivity contribution in [2.24, 2.45) is 11.7 Å². The molecule has 1 fully saturated rings. The number of halogens is 1. The third-order valence-corrected chi connectivity index (χ3v) is 6.06. The Labute approximate surface area is 132 Å². The lowest BCUT2D eigenvalue weighted by molar-refractivity contribution is -0.148. The van der Waals surface area contributed by atoms with Crippen molar-refractivity contribution in [3.05, 3.63) is 28.7 Å². The quantitative estimate of drug-likeness (QED) is 0.646. The van der Waals surface area contributed by atoms with Crippen LogP contribution >= 0.6 is 27.7 Å². The van der Waals surface area contributed by atoms with Crippen LogP contribution in [-0.2, 0) is 9.53 Å². The van der Waals surface area contributed by atoms with Gasteiger partial charge >= 0.3 is 5.97 Å². The number of hydrogen-bond donors (Lipinski definition) is 1. The van der Waals surface area contributed by atoms with Gasteiger partial charge in [-0.05, 0) is 59.0 Å². The average molecular weight is 358 g/mol. The van der Waals surface area contributed by atoms with E-state index in [1.54, 1.807) is 11.8 Å². The summed E-state index contributed by atoms with van der Waals surface area (Å²) >= 11 is 5.35. The Morgan fingerprint density at radius 3 is 3.00 bits per heavy atom. The zero-order valence-electron chi connectivity index (χ0n) is 11.6. The van der Waals surface area contributed by atoms with Gasteiger partial charge < -0.3 is 10.5 Å². The molecule has 1 aliphatic carbocycles. The van der Waals surface area contributed by atoms with Gasteiger partial charge in [0, 0.05) is 9.37 Å². The molecule has 2 unspecified atom stereocenters. The van der Waals surface area contributed by atoms with Gasteiger partial charge in [0.2, 0.25) is 0 Å². The summed E-state index contributed by atoms with van der Waals surface area (Å²) in [6.45, 7) is 0. The Morgan fingerprint density at radius 1 is 1.55 bits per heavy atom. The molecule has 3 nitrogen and oxygen atoms in total. The van der Waals surface area contributed by atoms with Gasteiger partial charge in [0.25, 0.3) is 0 Å². The standard InChI is InChI=1S/C15H20BrNO2S/c1-19-14(18)15(17)9-4-5-11(15)8-10-20-13-7-3-2-6-12(13)16/h2-3,6-7,11H,4-5,8-10,17H2,1H3. The number of carbonyl (C=O) groups is 1. The summed E-state index contributed by atoms with van der Waals surface area (Å²) in [6, 6.07) is 8.18. The third-order valence-electron chi connectivity index (χ3n) is 4.00. The largest absolute Gasteiger partial charge is 0.468 e. The van der Waals surface area contributed by atoms with Crippen LogP contribution in [0, 0.1) is 5.92 Å². The van der Waals surface area contributed by atoms with Crippen LogP contribution in [0.3, 0.4) is 0 Å². The van der Waals surface area contributed by atoms with Gasteiger partial charge in [-0.15, -0.1) is 11.8 Å². The van der Waals surface area contributed by atoms with Crippen molar-refractivity contribution in [1.82, 2.24) is 0 Å². The van der Waals surface area contributed by atoms with E-state index in [0.717, 1.165) is 35.9 Å². The highest BCUT2D eigenvalue weighted by molar-refractivity contribution is 9.10. The summed E-state index contributed by atoms with van der Waals surface area (Å²) in [5.41, 5.74) is 5.50. The van der Waals surface area contributed by atoms with Crippen molar-refractivity contribution in [3.8, 4) is 0 Å². The van der Waals surface area contributed by atoms with Crippen LogP contribution in [0.1, 0.15) is 25.7 Å². The minimum Gasteiger partial charge on any atom is -0.468 e. The number of carbonyl (C=O) groups excluding carboxylic acids is 1. The van der Waals surface area contributed by atoms with Gasteiger partial charge in [0.15, 0.2) is 0 Å². The molecule has 110 valence electrons. The SMILES string of the molecule is COC(=O)C1(N)CCCC1CCSc1ccccc1Br. The highest BCUT2D eigenvalue weighted by Gasteiger charge is 2.46. The van der Waals surface area contributed by atoms with Crippen molar-refractivity contribution in [2.45, 2.75) is 36.1 Å². The van der Waals surface area contributed by atoms with Crippen LogP contribution in [0.4, 0.5) is 0 Å². The molecule has 0 spiro atoms. The second kappa shape index (κ2) is 6.96. The van der Waals surface area contributed by atoms with Gasteiger partial charge in [-0.1, -0.05) is 18.6 Å². The number of nitrogens with two attached hydrogens (primary N) is 1. The molecule has 0 aliphatic heterocycles. The molecule has 2 rings (SSSR count). The predicted octanol–water partition coefficient (Wildman–Crippen LogP) is 3.60. The van der Waals surface area contributed by atoms with Crippen LogP contribution < -0.4 is 5.73 Å². The van der Waals surface area contributed by atoms with E-state index < -0.39 is 5.54 Å². The lowest BCUT2D eigenvalue weighted by Crippen LogP contribution is -2.51. The van der Waals surface area contributed by atoms with Crippen LogP contribution in [0.15, 0.2) is 33.6 Å². The van der Waals surface area contributed by atoms with Crippen LogP contribution in [-0.4, -0.2) is 24.4 Å². The van der Waals surface area contributed by atoms with Crippen molar-refractivity contribution < 1.29 is 9.53 Å². The first-order valence-corrected chi connectivity index (χ1v) is 8.60. The maximum absolute atomic E-state index is 11.9. The van der Waals surface area contributed by atoms with Crippen LogP contribution in [0.5, 0.6) is 0 Å². The van der Waals surface area contributed by atoms with Gasteiger partial charge in [-0.2, -0.15) is 0 Å². The van der Waals surface area contributed by atoms with Crippen molar-refractivity contribution in [3.63, 3.8) is 0 Å². The molecule has 1 saturated carbocycles. The molecule has 0 aromatic heterocycles. The van der Waals surface area contributed by atoms with E-state index in [1.165, 1.54) is 12.0 Å². The second-order valence-electron chi connectivity index (χ2n) is 5.19. The minimum atomic E-state index is -0.775. The minimum absolute atomic E-state index is 0.227. The topological polar surface area (TPSA) is 52.3 Å². The zero-order chi connectivity index (χ0) is 14.6. The molecule has 1 aromatic carbocycles. The summed E-state index contributed by atoms with van der Waals surface area (Å²) < 4.78 is 5.99. The number of methoxy groups -OCH3 is 1. The number of esters is 1. The van der Waals surface area contributed by atoms with Gasteiger partial charge in [-0.25, -0.2) is 0 Å². The average Bonchev–Trinajstić information content (AvgIpc) is 2.83. The number of thioether (sulfide) groups is 1. The molecule has 0 amide bonds. The van der Waals surface area contributed by atoms with Gasteiger partial charge in [0.1, 0.15) is 5.54 Å². The van der Waals surface area contributed by atoms with Crippen molar-refractivity contribution in [2.75, 3.05) is 12.9 Å². The summed E-state index contributed by atoms with van der Waals surface area (Å²) in [5.74, 6) is 0.930. The van der Waals surface area contributed by atoms with E-state index in [4.69, 9.17) is 10.5 Å². The van der Waals surface area contributed by atoms with E-state index in [1.807, 2.05) is 18.2 Å². The Kier molecular flexibility index (Phi) is 5.52. The van der Waals surface area contributed by atoms with E-state index in [2.05, 4.69) is 22.0 Å². The molecule has 5 heteroatoms. The summed E-state index contributed by atoms with van der Waals surface area (Å²) in [6.07, 6.45) is 3.71. The molecule has 0 bridgehead atoms. The second-order valence-corrected chi connectivity index (χ2v) is 7.18. The molecule has 0 radical (unpaired) electrons. The molecule has 2 N–H and O–H groups in total. The summed E-state index contributed by atoms with van der Waals surface area (Å²) in [4.78, 5) is 13.1. The lowest BCUT2D eigenvalue weighted by Gasteiger charge is -2.28. The molecule has 2 atom stereocenters. The smallest absolute Gasteiger partial charge is 0.326 e. The van der Waals surface area contributed by atoms with Crippen molar-refractivity contribution >= 4 is 33.7 Å². The first kappa shape index (κ1) is 15.9.